The van der Waals surface area contributed by atoms with Crippen LogP contribution in [0.2, 0.25) is 0 Å². The number of carboxylic acid groups (broad SMARTS) is 1. The van der Waals surface area contributed by atoms with E-state index in [-0.39, 0.29) is 43.1 Å². The Hall–Kier alpha value is -2.51. The molecule has 2 amide bonds. The molecule has 1 saturated heterocycles. The molecule has 1 heterocycles. The highest BCUT2D eigenvalue weighted by molar-refractivity contribution is 5.94. The normalized spacial score (nSPS) is 16.1. The number of benzene rings is 1. The highest BCUT2D eigenvalue weighted by Gasteiger charge is 2.33. The first-order chi connectivity index (χ1) is 12.7. The van der Waals surface area contributed by atoms with E-state index in [9.17, 15) is 23.2 Å². The first-order valence-corrected chi connectivity index (χ1v) is 9.01. The zero-order chi connectivity index (χ0) is 20.1. The summed E-state index contributed by atoms with van der Waals surface area (Å²) in [6, 6.07) is 2.62. The Morgan fingerprint density at radius 2 is 1.89 bits per heavy atom. The van der Waals surface area contributed by atoms with Gasteiger partial charge in [-0.2, -0.15) is 0 Å². The zero-order valence-electron chi connectivity index (χ0n) is 15.5. The number of nitrogens with zero attached hydrogens (tertiary/aromatic N) is 2. The molecule has 8 heteroatoms. The van der Waals surface area contributed by atoms with Crippen LogP contribution in [0.3, 0.4) is 0 Å². The van der Waals surface area contributed by atoms with Gasteiger partial charge in [0.25, 0.3) is 5.91 Å². The van der Waals surface area contributed by atoms with Gasteiger partial charge in [-0.1, -0.05) is 6.92 Å². The minimum Gasteiger partial charge on any atom is -0.480 e. The van der Waals surface area contributed by atoms with E-state index in [2.05, 4.69) is 0 Å². The molecule has 0 spiro atoms. The number of carbonyl (C=O) groups is 3. The third-order valence-corrected chi connectivity index (χ3v) is 5.00. The van der Waals surface area contributed by atoms with Crippen molar-refractivity contribution in [3.05, 3.63) is 35.4 Å². The quantitative estimate of drug-likeness (QED) is 0.820. The van der Waals surface area contributed by atoms with E-state index in [0.29, 0.717) is 25.3 Å². The fraction of sp³-hybridized carbons (Fsp3) is 0.526. The number of likely N-dealkylation sites (tertiary alicyclic amines) is 1. The Bertz CT molecular complexity index is 718. The second-order valence-corrected chi connectivity index (χ2v) is 6.81. The number of piperidine rings is 1. The number of amides is 2. The summed E-state index contributed by atoms with van der Waals surface area (Å²) < 4.78 is 26.8. The number of rotatable bonds is 6. The van der Waals surface area contributed by atoms with Gasteiger partial charge in [0, 0.05) is 31.1 Å². The molecule has 1 N–H and O–H groups in total. The summed E-state index contributed by atoms with van der Waals surface area (Å²) in [6.07, 6.45) is 1.39. The van der Waals surface area contributed by atoms with E-state index in [1.807, 2.05) is 6.92 Å². The molecule has 148 valence electrons. The number of halogens is 2. The SMILES string of the molecule is CCC(C)N(CC(=O)O)C(=O)C1CCN(C(=O)c2ccc(F)cc2F)CC1. The van der Waals surface area contributed by atoms with Crippen molar-refractivity contribution in [1.29, 1.82) is 0 Å². The number of aliphatic carboxylic acids is 1. The molecule has 0 aromatic heterocycles. The molecule has 1 aliphatic rings. The minimum atomic E-state index is -1.07. The van der Waals surface area contributed by atoms with Crippen LogP contribution >= 0.6 is 0 Å². The molecule has 27 heavy (non-hydrogen) atoms. The lowest BCUT2D eigenvalue weighted by Gasteiger charge is -2.35. The molecule has 0 aliphatic carbocycles. The lowest BCUT2D eigenvalue weighted by molar-refractivity contribution is -0.148. The van der Waals surface area contributed by atoms with Crippen LogP contribution in [0.1, 0.15) is 43.5 Å². The van der Waals surface area contributed by atoms with Gasteiger partial charge in [-0.15, -0.1) is 0 Å². The average molecular weight is 382 g/mol. The highest BCUT2D eigenvalue weighted by atomic mass is 19.1. The third-order valence-electron chi connectivity index (χ3n) is 5.00. The van der Waals surface area contributed by atoms with E-state index in [1.165, 1.54) is 9.80 Å². The fourth-order valence-corrected chi connectivity index (χ4v) is 3.21. The van der Waals surface area contributed by atoms with Crippen LogP contribution in [0.5, 0.6) is 0 Å². The first kappa shape index (κ1) is 20.8. The highest BCUT2D eigenvalue weighted by Crippen LogP contribution is 2.23. The average Bonchev–Trinajstić information content (AvgIpc) is 2.64. The summed E-state index contributed by atoms with van der Waals surface area (Å²) in [7, 11) is 0. The van der Waals surface area contributed by atoms with Crippen molar-refractivity contribution in [3.8, 4) is 0 Å². The number of hydrogen-bond donors (Lipinski definition) is 1. The molecular formula is C19H24F2N2O4. The number of carbonyl (C=O) groups excluding carboxylic acids is 2. The van der Waals surface area contributed by atoms with Crippen molar-refractivity contribution < 1.29 is 28.3 Å². The monoisotopic (exact) mass is 382 g/mol. The van der Waals surface area contributed by atoms with Gasteiger partial charge in [0.15, 0.2) is 0 Å². The van der Waals surface area contributed by atoms with Crippen LogP contribution < -0.4 is 0 Å². The Balaban J connectivity index is 2.02. The first-order valence-electron chi connectivity index (χ1n) is 9.01. The third kappa shape index (κ3) is 5.02. The van der Waals surface area contributed by atoms with Crippen molar-refractivity contribution in [1.82, 2.24) is 9.80 Å². The van der Waals surface area contributed by atoms with Gasteiger partial charge >= 0.3 is 5.97 Å². The van der Waals surface area contributed by atoms with Gasteiger partial charge in [0.05, 0.1) is 5.56 Å². The lowest BCUT2D eigenvalue weighted by Crippen LogP contribution is -2.48. The van der Waals surface area contributed by atoms with Crippen LogP contribution in [0.15, 0.2) is 18.2 Å². The van der Waals surface area contributed by atoms with E-state index >= 15 is 0 Å². The van der Waals surface area contributed by atoms with Gasteiger partial charge in [-0.05, 0) is 38.3 Å². The van der Waals surface area contributed by atoms with Gasteiger partial charge < -0.3 is 14.9 Å². The molecule has 1 aliphatic heterocycles. The summed E-state index contributed by atoms with van der Waals surface area (Å²) >= 11 is 0. The summed E-state index contributed by atoms with van der Waals surface area (Å²) in [5.41, 5.74) is -0.201. The molecule has 0 saturated carbocycles. The molecular weight excluding hydrogens is 358 g/mol. The van der Waals surface area contributed by atoms with Crippen LogP contribution in [0.25, 0.3) is 0 Å². The molecule has 0 radical (unpaired) electrons. The Kier molecular flexibility index (Phi) is 6.87. The van der Waals surface area contributed by atoms with Crippen molar-refractivity contribution in [2.45, 2.75) is 39.2 Å². The van der Waals surface area contributed by atoms with Crippen molar-refractivity contribution in [2.75, 3.05) is 19.6 Å². The Labute approximate surface area is 156 Å². The molecule has 1 unspecified atom stereocenters. The fourth-order valence-electron chi connectivity index (χ4n) is 3.21. The summed E-state index contributed by atoms with van der Waals surface area (Å²) in [6.45, 7) is 3.84. The maximum atomic E-state index is 13.8. The zero-order valence-corrected chi connectivity index (χ0v) is 15.5. The second kappa shape index (κ2) is 8.92. The predicted molar refractivity (Wildman–Crippen MR) is 94.1 cm³/mol. The van der Waals surface area contributed by atoms with E-state index < -0.39 is 23.5 Å². The lowest BCUT2D eigenvalue weighted by atomic mass is 9.94. The summed E-state index contributed by atoms with van der Waals surface area (Å²) in [4.78, 5) is 39.0. The molecule has 1 aromatic carbocycles. The van der Waals surface area contributed by atoms with E-state index in [1.54, 1.807) is 6.92 Å². The maximum Gasteiger partial charge on any atom is 0.323 e. The Morgan fingerprint density at radius 3 is 2.41 bits per heavy atom. The standard InChI is InChI=1S/C19H24F2N2O4/c1-3-12(2)23(11-17(24)25)18(26)13-6-8-22(9-7-13)19(27)15-5-4-14(20)10-16(15)21/h4-5,10,12-13H,3,6-9,11H2,1-2H3,(H,24,25). The minimum absolute atomic E-state index is 0.193. The largest absolute Gasteiger partial charge is 0.480 e. The number of hydrogen-bond acceptors (Lipinski definition) is 3. The predicted octanol–water partition coefficient (Wildman–Crippen LogP) is 2.53. The molecule has 0 bridgehead atoms. The van der Waals surface area contributed by atoms with Gasteiger partial charge in [0.2, 0.25) is 5.91 Å². The van der Waals surface area contributed by atoms with Crippen molar-refractivity contribution >= 4 is 17.8 Å². The second-order valence-electron chi connectivity index (χ2n) is 6.81. The van der Waals surface area contributed by atoms with Crippen LogP contribution in [0.4, 0.5) is 8.78 Å². The topological polar surface area (TPSA) is 77.9 Å². The van der Waals surface area contributed by atoms with Crippen LogP contribution in [-0.4, -0.2) is 58.4 Å². The van der Waals surface area contributed by atoms with Crippen LogP contribution in [0, 0.1) is 17.6 Å². The van der Waals surface area contributed by atoms with E-state index in [0.717, 1.165) is 12.1 Å². The van der Waals surface area contributed by atoms with Gasteiger partial charge in [-0.25, -0.2) is 8.78 Å². The maximum absolute atomic E-state index is 13.8. The summed E-state index contributed by atoms with van der Waals surface area (Å²) in [5, 5.41) is 9.05. The molecule has 1 atom stereocenters. The van der Waals surface area contributed by atoms with E-state index in [4.69, 9.17) is 5.11 Å². The summed E-state index contributed by atoms with van der Waals surface area (Å²) in [5.74, 6) is -3.88. The van der Waals surface area contributed by atoms with Crippen LogP contribution in [-0.2, 0) is 9.59 Å². The number of carboxylic acids is 1. The van der Waals surface area contributed by atoms with Gasteiger partial charge in [0.1, 0.15) is 18.2 Å². The Morgan fingerprint density at radius 1 is 1.26 bits per heavy atom. The van der Waals surface area contributed by atoms with Crippen molar-refractivity contribution in [2.24, 2.45) is 5.92 Å². The molecule has 1 aromatic rings. The van der Waals surface area contributed by atoms with Crippen molar-refractivity contribution in [3.63, 3.8) is 0 Å². The molecule has 6 nitrogen and oxygen atoms in total. The smallest absolute Gasteiger partial charge is 0.323 e. The van der Waals surface area contributed by atoms with Gasteiger partial charge in [-0.3, -0.25) is 14.4 Å². The molecule has 2 rings (SSSR count). The molecule has 1 fully saturated rings.